The Bertz CT molecular complexity index is 654. The van der Waals surface area contributed by atoms with E-state index in [2.05, 4.69) is 5.32 Å². The maximum atomic E-state index is 13.5. The van der Waals surface area contributed by atoms with Crippen LogP contribution in [0.4, 0.5) is 0 Å². The summed E-state index contributed by atoms with van der Waals surface area (Å²) in [5.41, 5.74) is -0.462. The van der Waals surface area contributed by atoms with Gasteiger partial charge in [0.05, 0.1) is 31.1 Å². The van der Waals surface area contributed by atoms with Crippen LogP contribution in [-0.2, 0) is 19.1 Å². The van der Waals surface area contributed by atoms with Crippen LogP contribution >= 0.6 is 0 Å². The molecule has 0 spiro atoms. The quantitative estimate of drug-likeness (QED) is 0.495. The molecule has 0 unspecified atom stereocenters. The monoisotopic (exact) mass is 408 g/mol. The number of hydrogen-bond acceptors (Lipinski definition) is 5. The fraction of sp³-hybridized carbons (Fsp3) is 0.773. The van der Waals surface area contributed by atoms with Gasteiger partial charge in [-0.25, -0.2) is 0 Å². The second-order valence-corrected chi connectivity index (χ2v) is 9.18. The lowest BCUT2D eigenvalue weighted by Crippen LogP contribution is -2.55. The molecule has 0 radical (unpaired) electrons. The zero-order valence-corrected chi connectivity index (χ0v) is 18.5. The number of ether oxygens (including phenoxy) is 1. The summed E-state index contributed by atoms with van der Waals surface area (Å²) in [6.45, 7) is 11.2. The number of rotatable bonds is 7. The van der Waals surface area contributed by atoms with Gasteiger partial charge in [0, 0.05) is 11.5 Å². The molecular formula is C22H36N2O5. The fourth-order valence-electron chi connectivity index (χ4n) is 4.62. The molecular weight excluding hydrogens is 372 g/mol. The molecule has 1 saturated heterocycles. The first-order valence-electron chi connectivity index (χ1n) is 10.7. The van der Waals surface area contributed by atoms with Crippen molar-refractivity contribution in [3.63, 3.8) is 0 Å². The van der Waals surface area contributed by atoms with Gasteiger partial charge in [0.1, 0.15) is 6.04 Å². The van der Waals surface area contributed by atoms with Crippen molar-refractivity contribution in [1.82, 2.24) is 10.2 Å². The Balaban J connectivity index is 2.50. The largest absolute Gasteiger partial charge is 0.466 e. The highest BCUT2D eigenvalue weighted by Crippen LogP contribution is 2.46. The minimum absolute atomic E-state index is 0.0973. The molecule has 2 amide bonds. The van der Waals surface area contributed by atoms with Crippen molar-refractivity contribution in [2.24, 2.45) is 23.7 Å². The number of carbonyl (C=O) groups is 3. The number of aliphatic hydroxyl groups is 1. The maximum absolute atomic E-state index is 13.5. The molecule has 2 rings (SSSR count). The van der Waals surface area contributed by atoms with E-state index in [1.165, 1.54) is 4.90 Å². The van der Waals surface area contributed by atoms with Gasteiger partial charge in [-0.2, -0.15) is 0 Å². The van der Waals surface area contributed by atoms with Crippen molar-refractivity contribution in [3.05, 3.63) is 12.2 Å². The van der Waals surface area contributed by atoms with Gasteiger partial charge in [-0.1, -0.05) is 25.5 Å². The number of allylic oxidation sites excluding steroid dienone is 1. The highest BCUT2D eigenvalue weighted by atomic mass is 16.5. The Morgan fingerprint density at radius 3 is 2.45 bits per heavy atom. The van der Waals surface area contributed by atoms with Gasteiger partial charge in [0.2, 0.25) is 11.8 Å². The van der Waals surface area contributed by atoms with Crippen molar-refractivity contribution >= 4 is 17.8 Å². The Morgan fingerprint density at radius 2 is 1.93 bits per heavy atom. The SMILES string of the molecule is CCC[C@@H]1C=C[C@H]2[C@H](C(=O)N([C@H](C)CO)[C@@H]2C(=O)NC(C)(C)C)[C@@H]1C(=O)OCC. The molecule has 0 bridgehead atoms. The molecule has 2 N–H and O–H groups in total. The number of esters is 1. The summed E-state index contributed by atoms with van der Waals surface area (Å²) in [5, 5.41) is 12.7. The number of fused-ring (bicyclic) bond motifs is 1. The van der Waals surface area contributed by atoms with Crippen LogP contribution in [-0.4, -0.2) is 58.6 Å². The lowest BCUT2D eigenvalue weighted by molar-refractivity contribution is -0.156. The summed E-state index contributed by atoms with van der Waals surface area (Å²) in [6, 6.07) is -1.28. The van der Waals surface area contributed by atoms with Gasteiger partial charge >= 0.3 is 5.97 Å². The minimum atomic E-state index is -0.760. The number of nitrogens with one attached hydrogen (secondary N) is 1. The average Bonchev–Trinajstić information content (AvgIpc) is 2.93. The third-order valence-corrected chi connectivity index (χ3v) is 5.73. The zero-order chi connectivity index (χ0) is 21.9. The molecule has 0 aromatic rings. The Kier molecular flexibility index (Phi) is 7.49. The predicted octanol–water partition coefficient (Wildman–Crippen LogP) is 1.89. The van der Waals surface area contributed by atoms with E-state index in [-0.39, 0.29) is 36.9 Å². The van der Waals surface area contributed by atoms with Crippen LogP contribution in [0.5, 0.6) is 0 Å². The van der Waals surface area contributed by atoms with E-state index in [0.717, 1.165) is 12.8 Å². The molecule has 2 aliphatic rings. The third kappa shape index (κ3) is 4.82. The van der Waals surface area contributed by atoms with Crippen LogP contribution in [0.1, 0.15) is 54.4 Å². The summed E-state index contributed by atoms with van der Waals surface area (Å²) in [7, 11) is 0. The zero-order valence-electron chi connectivity index (χ0n) is 18.5. The standard InChI is InChI=1S/C22H36N2O5/c1-7-9-14-10-11-15-17(16(14)21(28)29-8-2)20(27)24(13(3)12-25)18(15)19(26)23-22(4,5)6/h10-11,13-18,25H,7-9,12H2,1-6H3,(H,23,26)/t13-,14-,15+,16-,17+,18+/m1/s1. The summed E-state index contributed by atoms with van der Waals surface area (Å²) < 4.78 is 5.32. The van der Waals surface area contributed by atoms with Crippen LogP contribution in [0.15, 0.2) is 12.2 Å². The van der Waals surface area contributed by atoms with Crippen molar-refractivity contribution in [1.29, 1.82) is 0 Å². The molecule has 1 heterocycles. The normalized spacial score (nSPS) is 30.1. The van der Waals surface area contributed by atoms with Gasteiger partial charge in [0.25, 0.3) is 0 Å². The number of amides is 2. The van der Waals surface area contributed by atoms with E-state index in [4.69, 9.17) is 4.74 Å². The van der Waals surface area contributed by atoms with Crippen LogP contribution in [0.25, 0.3) is 0 Å². The van der Waals surface area contributed by atoms with Gasteiger partial charge in [-0.3, -0.25) is 14.4 Å². The molecule has 0 aromatic carbocycles. The van der Waals surface area contributed by atoms with E-state index in [1.54, 1.807) is 13.8 Å². The highest BCUT2D eigenvalue weighted by molar-refractivity contribution is 5.96. The van der Waals surface area contributed by atoms with Crippen LogP contribution in [0, 0.1) is 23.7 Å². The lowest BCUT2D eigenvalue weighted by atomic mass is 9.68. The first-order chi connectivity index (χ1) is 13.6. The van der Waals surface area contributed by atoms with Crippen LogP contribution in [0.2, 0.25) is 0 Å². The molecule has 29 heavy (non-hydrogen) atoms. The lowest BCUT2D eigenvalue weighted by Gasteiger charge is -2.35. The van der Waals surface area contributed by atoms with Crippen molar-refractivity contribution in [2.45, 2.75) is 72.0 Å². The highest BCUT2D eigenvalue weighted by Gasteiger charge is 2.58. The van der Waals surface area contributed by atoms with Gasteiger partial charge in [0.15, 0.2) is 0 Å². The average molecular weight is 409 g/mol. The second kappa shape index (κ2) is 9.28. The first kappa shape index (κ1) is 23.4. The molecule has 1 fully saturated rings. The molecule has 1 aliphatic carbocycles. The smallest absolute Gasteiger partial charge is 0.310 e. The van der Waals surface area contributed by atoms with E-state index in [1.807, 2.05) is 39.8 Å². The first-order valence-corrected chi connectivity index (χ1v) is 10.7. The van der Waals surface area contributed by atoms with E-state index in [0.29, 0.717) is 0 Å². The van der Waals surface area contributed by atoms with Crippen molar-refractivity contribution in [2.75, 3.05) is 13.2 Å². The van der Waals surface area contributed by atoms with E-state index in [9.17, 15) is 19.5 Å². The Hall–Kier alpha value is -1.89. The molecule has 0 saturated carbocycles. The Morgan fingerprint density at radius 1 is 1.28 bits per heavy atom. The van der Waals surface area contributed by atoms with E-state index < -0.39 is 35.4 Å². The topological polar surface area (TPSA) is 95.9 Å². The minimum Gasteiger partial charge on any atom is -0.466 e. The summed E-state index contributed by atoms with van der Waals surface area (Å²) in [6.07, 6.45) is 5.55. The van der Waals surface area contributed by atoms with Crippen molar-refractivity contribution in [3.8, 4) is 0 Å². The number of aliphatic hydroxyl groups excluding tert-OH is 1. The summed E-state index contributed by atoms with van der Waals surface area (Å²) in [5.74, 6) is -2.69. The van der Waals surface area contributed by atoms with E-state index >= 15 is 0 Å². The third-order valence-electron chi connectivity index (χ3n) is 5.73. The molecule has 7 heteroatoms. The fourth-order valence-corrected chi connectivity index (χ4v) is 4.62. The van der Waals surface area contributed by atoms with Crippen LogP contribution < -0.4 is 5.32 Å². The summed E-state index contributed by atoms with van der Waals surface area (Å²) >= 11 is 0. The number of nitrogens with zero attached hydrogens (tertiary/aromatic N) is 1. The maximum Gasteiger partial charge on any atom is 0.310 e. The second-order valence-electron chi connectivity index (χ2n) is 9.18. The number of carbonyl (C=O) groups excluding carboxylic acids is 3. The molecule has 1 aliphatic heterocycles. The molecule has 0 aromatic heterocycles. The molecule has 6 atom stereocenters. The van der Waals surface area contributed by atoms with Gasteiger partial charge < -0.3 is 20.1 Å². The number of likely N-dealkylation sites (tertiary alicyclic amines) is 1. The molecule has 164 valence electrons. The summed E-state index contributed by atoms with van der Waals surface area (Å²) in [4.78, 5) is 41.0. The van der Waals surface area contributed by atoms with Crippen molar-refractivity contribution < 1.29 is 24.2 Å². The molecule has 7 nitrogen and oxygen atoms in total. The predicted molar refractivity (Wildman–Crippen MR) is 110 cm³/mol. The van der Waals surface area contributed by atoms with Crippen LogP contribution in [0.3, 0.4) is 0 Å². The number of hydrogen-bond donors (Lipinski definition) is 2. The van der Waals surface area contributed by atoms with Gasteiger partial charge in [-0.05, 0) is 47.0 Å². The van der Waals surface area contributed by atoms with Gasteiger partial charge in [-0.15, -0.1) is 0 Å². The Labute approximate surface area is 173 Å².